The van der Waals surface area contributed by atoms with Crippen LogP contribution in [-0.4, -0.2) is 30.4 Å². The number of aliphatic carboxylic acids is 1. The zero-order chi connectivity index (χ0) is 8.85. The summed E-state index contributed by atoms with van der Waals surface area (Å²) in [4.78, 5) is 30.7. The molecule has 0 rings (SSSR count). The molecule has 0 saturated heterocycles. The van der Waals surface area contributed by atoms with Crippen LogP contribution in [0.3, 0.4) is 0 Å². The van der Waals surface area contributed by atoms with E-state index in [0.29, 0.717) is 0 Å². The summed E-state index contributed by atoms with van der Waals surface area (Å²) >= 11 is 0. The standard InChI is InChI=1S/C6H8O5/c1-11-6(10)4(3-7)2-5(8)9/h3-4H,2H2,1H3,(H,8,9). The van der Waals surface area contributed by atoms with Gasteiger partial charge in [0, 0.05) is 0 Å². The molecule has 0 aromatic heterocycles. The monoisotopic (exact) mass is 160 g/mol. The molecule has 5 nitrogen and oxygen atoms in total. The number of esters is 1. The summed E-state index contributed by atoms with van der Waals surface area (Å²) in [5.41, 5.74) is 0. The van der Waals surface area contributed by atoms with Crippen LogP contribution < -0.4 is 0 Å². The summed E-state index contributed by atoms with van der Waals surface area (Å²) in [6.07, 6.45) is -0.254. The largest absolute Gasteiger partial charge is 0.481 e. The van der Waals surface area contributed by atoms with Crippen molar-refractivity contribution in [1.29, 1.82) is 0 Å². The highest BCUT2D eigenvalue weighted by Crippen LogP contribution is 2.00. The number of hydrogen-bond acceptors (Lipinski definition) is 4. The normalized spacial score (nSPS) is 11.7. The van der Waals surface area contributed by atoms with E-state index in [1.54, 1.807) is 0 Å². The van der Waals surface area contributed by atoms with Crippen LogP contribution in [0.5, 0.6) is 0 Å². The number of hydrogen-bond donors (Lipinski definition) is 1. The summed E-state index contributed by atoms with van der Waals surface area (Å²) in [7, 11) is 1.10. The lowest BCUT2D eigenvalue weighted by Crippen LogP contribution is -2.20. The zero-order valence-corrected chi connectivity index (χ0v) is 5.94. The molecule has 0 spiro atoms. The van der Waals surface area contributed by atoms with Gasteiger partial charge in [0.25, 0.3) is 0 Å². The Morgan fingerprint density at radius 1 is 1.64 bits per heavy atom. The average molecular weight is 160 g/mol. The number of carboxylic acids is 1. The molecule has 0 aromatic carbocycles. The molecule has 0 saturated carbocycles. The summed E-state index contributed by atoms with van der Waals surface area (Å²) in [6, 6.07) is 0. The van der Waals surface area contributed by atoms with Gasteiger partial charge in [-0.2, -0.15) is 0 Å². The molecule has 0 bridgehead atoms. The molecular formula is C6H8O5. The lowest BCUT2D eigenvalue weighted by Gasteiger charge is -2.02. The highest BCUT2D eigenvalue weighted by molar-refractivity contribution is 5.91. The van der Waals surface area contributed by atoms with Crippen LogP contribution in [-0.2, 0) is 19.1 Å². The van der Waals surface area contributed by atoms with Crippen molar-refractivity contribution in [1.82, 2.24) is 0 Å². The third-order valence-electron chi connectivity index (χ3n) is 1.06. The Morgan fingerprint density at radius 3 is 2.45 bits per heavy atom. The van der Waals surface area contributed by atoms with E-state index in [9.17, 15) is 14.4 Å². The smallest absolute Gasteiger partial charge is 0.316 e. The van der Waals surface area contributed by atoms with Crippen LogP contribution in [0.15, 0.2) is 0 Å². The molecule has 1 unspecified atom stereocenters. The molecule has 0 aliphatic heterocycles. The van der Waals surface area contributed by atoms with Gasteiger partial charge in [-0.1, -0.05) is 0 Å². The fourth-order valence-electron chi connectivity index (χ4n) is 0.527. The number of carbonyl (C=O) groups excluding carboxylic acids is 2. The Morgan fingerprint density at radius 2 is 2.18 bits per heavy atom. The van der Waals surface area contributed by atoms with Gasteiger partial charge in [-0.25, -0.2) is 0 Å². The fraction of sp³-hybridized carbons (Fsp3) is 0.500. The van der Waals surface area contributed by atoms with Crippen molar-refractivity contribution >= 4 is 18.2 Å². The molecule has 0 aliphatic carbocycles. The lowest BCUT2D eigenvalue weighted by molar-refractivity contribution is -0.152. The number of methoxy groups -OCH3 is 1. The van der Waals surface area contributed by atoms with Crippen molar-refractivity contribution in [3.63, 3.8) is 0 Å². The van der Waals surface area contributed by atoms with E-state index < -0.39 is 24.3 Å². The maximum atomic E-state index is 10.6. The van der Waals surface area contributed by atoms with Crippen molar-refractivity contribution in [3.8, 4) is 0 Å². The third kappa shape index (κ3) is 3.34. The van der Waals surface area contributed by atoms with Gasteiger partial charge in [0.15, 0.2) is 0 Å². The first kappa shape index (κ1) is 9.61. The van der Waals surface area contributed by atoms with Gasteiger partial charge in [0.05, 0.1) is 13.5 Å². The van der Waals surface area contributed by atoms with Crippen LogP contribution in [0.1, 0.15) is 6.42 Å². The summed E-state index contributed by atoms with van der Waals surface area (Å²) < 4.78 is 4.17. The van der Waals surface area contributed by atoms with Crippen molar-refractivity contribution in [2.75, 3.05) is 7.11 Å². The Kier molecular flexibility index (Phi) is 3.87. The second kappa shape index (κ2) is 4.43. The number of aldehydes is 1. The molecule has 0 radical (unpaired) electrons. The molecule has 0 amide bonds. The van der Waals surface area contributed by atoms with Gasteiger partial charge in [-0.3, -0.25) is 9.59 Å². The van der Waals surface area contributed by atoms with E-state index in [-0.39, 0.29) is 6.29 Å². The summed E-state index contributed by atoms with van der Waals surface area (Å²) in [5.74, 6) is -3.20. The Hall–Kier alpha value is -1.39. The molecule has 11 heavy (non-hydrogen) atoms. The molecular weight excluding hydrogens is 152 g/mol. The van der Waals surface area contributed by atoms with Crippen LogP contribution >= 0.6 is 0 Å². The minimum Gasteiger partial charge on any atom is -0.481 e. The van der Waals surface area contributed by atoms with Crippen molar-refractivity contribution in [2.24, 2.45) is 5.92 Å². The molecule has 1 atom stereocenters. The van der Waals surface area contributed by atoms with Gasteiger partial charge >= 0.3 is 11.9 Å². The van der Waals surface area contributed by atoms with E-state index in [4.69, 9.17) is 5.11 Å². The van der Waals surface area contributed by atoms with Crippen LogP contribution in [0.25, 0.3) is 0 Å². The Labute approximate surface area is 63.0 Å². The van der Waals surface area contributed by atoms with E-state index in [2.05, 4.69) is 4.74 Å². The maximum absolute atomic E-state index is 10.6. The highest BCUT2D eigenvalue weighted by Gasteiger charge is 2.21. The molecule has 62 valence electrons. The Balaban J connectivity index is 4.05. The zero-order valence-electron chi connectivity index (χ0n) is 5.94. The Bertz CT molecular complexity index is 174. The van der Waals surface area contributed by atoms with E-state index >= 15 is 0 Å². The van der Waals surface area contributed by atoms with Crippen LogP contribution in [0, 0.1) is 5.92 Å². The molecule has 1 N–H and O–H groups in total. The number of ether oxygens (including phenoxy) is 1. The maximum Gasteiger partial charge on any atom is 0.316 e. The second-order valence-corrected chi connectivity index (χ2v) is 1.86. The van der Waals surface area contributed by atoms with Crippen LogP contribution in [0.2, 0.25) is 0 Å². The van der Waals surface area contributed by atoms with Crippen molar-refractivity contribution in [3.05, 3.63) is 0 Å². The van der Waals surface area contributed by atoms with Crippen molar-refractivity contribution < 1.29 is 24.2 Å². The quantitative estimate of drug-likeness (QED) is 0.339. The molecule has 0 fully saturated rings. The third-order valence-corrected chi connectivity index (χ3v) is 1.06. The molecule has 0 aromatic rings. The predicted octanol–water partition coefficient (Wildman–Crippen LogP) is -0.551. The van der Waals surface area contributed by atoms with E-state index in [1.165, 1.54) is 0 Å². The van der Waals surface area contributed by atoms with Gasteiger partial charge in [0.1, 0.15) is 12.2 Å². The average Bonchev–Trinajstić information content (AvgIpc) is 1.98. The number of carbonyl (C=O) groups is 3. The van der Waals surface area contributed by atoms with Gasteiger partial charge in [-0.05, 0) is 0 Å². The topological polar surface area (TPSA) is 80.7 Å². The van der Waals surface area contributed by atoms with Gasteiger partial charge < -0.3 is 14.6 Å². The lowest BCUT2D eigenvalue weighted by atomic mass is 10.1. The minimum absolute atomic E-state index is 0.264. The number of carboxylic acid groups (broad SMARTS) is 1. The van der Waals surface area contributed by atoms with Crippen LogP contribution in [0.4, 0.5) is 0 Å². The first-order valence-electron chi connectivity index (χ1n) is 2.86. The van der Waals surface area contributed by atoms with Gasteiger partial charge in [0.2, 0.25) is 0 Å². The fourth-order valence-corrected chi connectivity index (χ4v) is 0.527. The predicted molar refractivity (Wildman–Crippen MR) is 33.8 cm³/mol. The molecule has 0 heterocycles. The van der Waals surface area contributed by atoms with E-state index in [1.807, 2.05) is 0 Å². The summed E-state index contributed by atoms with van der Waals surface area (Å²) in [5, 5.41) is 8.19. The molecule has 0 aliphatic rings. The number of rotatable bonds is 4. The second-order valence-electron chi connectivity index (χ2n) is 1.86. The minimum atomic E-state index is -1.20. The molecule has 5 heteroatoms. The highest BCUT2D eigenvalue weighted by atomic mass is 16.5. The van der Waals surface area contributed by atoms with Crippen molar-refractivity contribution in [2.45, 2.75) is 6.42 Å². The van der Waals surface area contributed by atoms with Gasteiger partial charge in [-0.15, -0.1) is 0 Å². The first-order valence-corrected chi connectivity index (χ1v) is 2.86. The summed E-state index contributed by atoms with van der Waals surface area (Å²) in [6.45, 7) is 0. The SMILES string of the molecule is COC(=O)C(C=O)CC(=O)O. The van der Waals surface area contributed by atoms with E-state index in [0.717, 1.165) is 7.11 Å². The first-order chi connectivity index (χ1) is 5.11.